The van der Waals surface area contributed by atoms with Gasteiger partial charge in [-0.25, -0.2) is 9.48 Å². The van der Waals surface area contributed by atoms with E-state index in [2.05, 4.69) is 10.4 Å². The van der Waals surface area contributed by atoms with E-state index in [1.54, 1.807) is 30.8 Å². The molecular formula is C23H25N3O4. The molecular weight excluding hydrogens is 382 g/mol. The number of nitrogens with one attached hydrogen (secondary N) is 1. The second kappa shape index (κ2) is 8.41. The molecule has 7 nitrogen and oxygen atoms in total. The van der Waals surface area contributed by atoms with E-state index in [1.165, 1.54) is 12.1 Å². The van der Waals surface area contributed by atoms with Crippen LogP contribution in [0.2, 0.25) is 0 Å². The maximum Gasteiger partial charge on any atom is 0.335 e. The van der Waals surface area contributed by atoms with E-state index >= 15 is 0 Å². The van der Waals surface area contributed by atoms with Gasteiger partial charge in [-0.05, 0) is 68.7 Å². The largest absolute Gasteiger partial charge is 0.478 e. The summed E-state index contributed by atoms with van der Waals surface area (Å²) in [6.45, 7) is 7.57. The molecule has 0 fully saturated rings. The molecule has 0 saturated carbocycles. The van der Waals surface area contributed by atoms with Crippen LogP contribution in [-0.4, -0.2) is 26.8 Å². The Balaban J connectivity index is 1.84. The minimum Gasteiger partial charge on any atom is -0.478 e. The molecule has 1 atom stereocenters. The first-order valence-electron chi connectivity index (χ1n) is 9.59. The number of aromatic nitrogens is 2. The van der Waals surface area contributed by atoms with E-state index in [0.717, 1.165) is 16.7 Å². The molecule has 1 unspecified atom stereocenters. The highest BCUT2D eigenvalue weighted by Gasteiger charge is 2.24. The van der Waals surface area contributed by atoms with E-state index in [-0.39, 0.29) is 17.5 Å². The Bertz CT molecular complexity index is 1080. The Kier molecular flexibility index (Phi) is 5.91. The maximum atomic E-state index is 13.0. The van der Waals surface area contributed by atoms with Crippen molar-refractivity contribution in [3.63, 3.8) is 0 Å². The van der Waals surface area contributed by atoms with Crippen LogP contribution in [0.4, 0.5) is 0 Å². The third-order valence-electron chi connectivity index (χ3n) is 4.81. The van der Waals surface area contributed by atoms with Gasteiger partial charge < -0.3 is 15.2 Å². The van der Waals surface area contributed by atoms with Crippen molar-refractivity contribution in [1.82, 2.24) is 15.1 Å². The number of nitrogens with zero attached hydrogens (tertiary/aromatic N) is 2. The number of hydrogen-bond donors (Lipinski definition) is 2. The summed E-state index contributed by atoms with van der Waals surface area (Å²) >= 11 is 0. The van der Waals surface area contributed by atoms with Crippen LogP contribution in [-0.2, 0) is 7.05 Å². The van der Waals surface area contributed by atoms with Crippen LogP contribution in [0.3, 0.4) is 0 Å². The minimum absolute atomic E-state index is 0.199. The van der Waals surface area contributed by atoms with Crippen molar-refractivity contribution in [1.29, 1.82) is 0 Å². The quantitative estimate of drug-likeness (QED) is 0.634. The van der Waals surface area contributed by atoms with E-state index < -0.39 is 5.97 Å². The lowest BCUT2D eigenvalue weighted by Gasteiger charge is -2.15. The molecule has 7 heteroatoms. The summed E-state index contributed by atoms with van der Waals surface area (Å²) in [5, 5.41) is 16.3. The number of carboxylic acids is 1. The molecule has 1 heterocycles. The summed E-state index contributed by atoms with van der Waals surface area (Å²) in [6, 6.07) is 12.0. The first-order valence-corrected chi connectivity index (χ1v) is 9.59. The van der Waals surface area contributed by atoms with Gasteiger partial charge in [0.15, 0.2) is 0 Å². The minimum atomic E-state index is -0.989. The lowest BCUT2D eigenvalue weighted by Crippen LogP contribution is -2.27. The van der Waals surface area contributed by atoms with Gasteiger partial charge in [-0.3, -0.25) is 4.79 Å². The van der Waals surface area contributed by atoms with Gasteiger partial charge in [0.05, 0.1) is 17.3 Å². The summed E-state index contributed by atoms with van der Waals surface area (Å²) in [7, 11) is 1.73. The number of amides is 1. The molecule has 2 N–H and O–H groups in total. The van der Waals surface area contributed by atoms with Gasteiger partial charge in [-0.2, -0.15) is 5.10 Å². The molecule has 0 aliphatic rings. The Morgan fingerprint density at radius 1 is 1.07 bits per heavy atom. The number of rotatable bonds is 6. The van der Waals surface area contributed by atoms with Crippen LogP contribution in [0.1, 0.15) is 56.1 Å². The fourth-order valence-electron chi connectivity index (χ4n) is 3.39. The molecule has 0 aliphatic heterocycles. The Labute approximate surface area is 175 Å². The van der Waals surface area contributed by atoms with Crippen molar-refractivity contribution in [3.05, 3.63) is 76.0 Å². The zero-order valence-electron chi connectivity index (χ0n) is 17.7. The van der Waals surface area contributed by atoms with Gasteiger partial charge in [0, 0.05) is 7.05 Å². The highest BCUT2D eigenvalue weighted by Crippen LogP contribution is 2.29. The van der Waals surface area contributed by atoms with Crippen molar-refractivity contribution < 1.29 is 19.4 Å². The van der Waals surface area contributed by atoms with Crippen LogP contribution < -0.4 is 10.1 Å². The number of carboxylic acid groups (broad SMARTS) is 1. The predicted octanol–water partition coefficient (Wildman–Crippen LogP) is 4.33. The van der Waals surface area contributed by atoms with E-state index in [0.29, 0.717) is 22.9 Å². The fourth-order valence-corrected chi connectivity index (χ4v) is 3.39. The molecule has 0 aliphatic carbocycles. The number of benzene rings is 2. The number of aryl methyl sites for hydroxylation is 4. The molecule has 30 heavy (non-hydrogen) atoms. The highest BCUT2D eigenvalue weighted by molar-refractivity contribution is 5.98. The van der Waals surface area contributed by atoms with Crippen LogP contribution in [0.25, 0.3) is 0 Å². The third-order valence-corrected chi connectivity index (χ3v) is 4.81. The smallest absolute Gasteiger partial charge is 0.335 e. The number of aromatic carboxylic acids is 1. The Morgan fingerprint density at radius 3 is 2.23 bits per heavy atom. The number of carbonyl (C=O) groups is 2. The number of ether oxygens (including phenoxy) is 1. The molecule has 0 bridgehead atoms. The molecule has 0 radical (unpaired) electrons. The zero-order valence-corrected chi connectivity index (χ0v) is 17.7. The first kappa shape index (κ1) is 21.1. The second-order valence-corrected chi connectivity index (χ2v) is 7.44. The van der Waals surface area contributed by atoms with Crippen molar-refractivity contribution in [3.8, 4) is 11.6 Å². The predicted molar refractivity (Wildman–Crippen MR) is 113 cm³/mol. The maximum absolute atomic E-state index is 13.0. The van der Waals surface area contributed by atoms with E-state index in [4.69, 9.17) is 9.84 Å². The van der Waals surface area contributed by atoms with Gasteiger partial charge in [0.2, 0.25) is 5.88 Å². The van der Waals surface area contributed by atoms with Crippen molar-refractivity contribution in [2.24, 2.45) is 7.05 Å². The van der Waals surface area contributed by atoms with Gasteiger partial charge in [0.1, 0.15) is 11.3 Å². The molecule has 3 aromatic rings. The standard InChI is InChI=1S/C23H25N3O4/c1-13-10-14(2)12-19(11-13)30-22-20(16(4)25-26(22)5)21(27)24-15(3)17-6-8-18(9-7-17)23(28)29/h6-12,15H,1-5H3,(H,24,27)(H,28,29). The molecule has 1 aromatic heterocycles. The van der Waals surface area contributed by atoms with Crippen LogP contribution in [0, 0.1) is 20.8 Å². The number of carbonyl (C=O) groups excluding carboxylic acids is 1. The Morgan fingerprint density at radius 2 is 1.67 bits per heavy atom. The van der Waals surface area contributed by atoms with E-state index in [9.17, 15) is 9.59 Å². The van der Waals surface area contributed by atoms with E-state index in [1.807, 2.05) is 39.0 Å². The molecule has 0 saturated heterocycles. The van der Waals surface area contributed by atoms with Crippen LogP contribution in [0.5, 0.6) is 11.6 Å². The van der Waals surface area contributed by atoms with Crippen molar-refractivity contribution >= 4 is 11.9 Å². The first-order chi connectivity index (χ1) is 14.2. The normalized spacial score (nSPS) is 11.8. The summed E-state index contributed by atoms with van der Waals surface area (Å²) in [4.78, 5) is 24.1. The van der Waals surface area contributed by atoms with Crippen LogP contribution in [0.15, 0.2) is 42.5 Å². The molecule has 1 amide bonds. The fraction of sp³-hybridized carbons (Fsp3) is 0.261. The number of hydrogen-bond acceptors (Lipinski definition) is 4. The van der Waals surface area contributed by atoms with Crippen molar-refractivity contribution in [2.75, 3.05) is 0 Å². The summed E-state index contributed by atoms with van der Waals surface area (Å²) in [5.41, 5.74) is 4.05. The average Bonchev–Trinajstić information content (AvgIpc) is 2.94. The highest BCUT2D eigenvalue weighted by atomic mass is 16.5. The zero-order chi connectivity index (χ0) is 22.0. The SMILES string of the molecule is Cc1cc(C)cc(Oc2c(C(=O)NC(C)c3ccc(C(=O)O)cc3)c(C)nn2C)c1. The van der Waals surface area contributed by atoms with Gasteiger partial charge in [-0.15, -0.1) is 0 Å². The second-order valence-electron chi connectivity index (χ2n) is 7.44. The Hall–Kier alpha value is -3.61. The van der Waals surface area contributed by atoms with Gasteiger partial charge in [-0.1, -0.05) is 18.2 Å². The van der Waals surface area contributed by atoms with Crippen molar-refractivity contribution in [2.45, 2.75) is 33.7 Å². The molecule has 3 rings (SSSR count). The topological polar surface area (TPSA) is 93.4 Å². The lowest BCUT2D eigenvalue weighted by atomic mass is 10.1. The van der Waals surface area contributed by atoms with Crippen LogP contribution >= 0.6 is 0 Å². The average molecular weight is 407 g/mol. The molecule has 0 spiro atoms. The van der Waals surface area contributed by atoms with Gasteiger partial charge >= 0.3 is 5.97 Å². The summed E-state index contributed by atoms with van der Waals surface area (Å²) in [6.07, 6.45) is 0. The van der Waals surface area contributed by atoms with Gasteiger partial charge in [0.25, 0.3) is 5.91 Å². The summed E-state index contributed by atoms with van der Waals surface area (Å²) < 4.78 is 7.60. The molecule has 2 aromatic carbocycles. The monoisotopic (exact) mass is 407 g/mol. The third kappa shape index (κ3) is 4.51. The lowest BCUT2D eigenvalue weighted by molar-refractivity contribution is 0.0696. The molecule has 156 valence electrons. The summed E-state index contributed by atoms with van der Waals surface area (Å²) in [5.74, 6) is -0.294.